The molecule has 1 amide bonds. The number of halogens is 3. The largest absolute Gasteiger partial charge is 0.478 e. The Hall–Kier alpha value is -3.82. The van der Waals surface area contributed by atoms with Crippen molar-refractivity contribution in [2.24, 2.45) is 16.5 Å². The number of aliphatic carboxylic acids is 1. The van der Waals surface area contributed by atoms with E-state index < -0.39 is 29.6 Å². The molecule has 0 aliphatic heterocycles. The topological polar surface area (TPSA) is 131 Å². The number of hydrogen-bond donors (Lipinski definition) is 4. The number of aliphatic imine (C=N–C) groups is 1. The number of nitrogens with two attached hydrogens (primary N) is 2. The number of rotatable bonds is 5. The number of carbonyl (C=O) groups excluding carboxylic acids is 1. The molecule has 2 aromatic rings. The summed E-state index contributed by atoms with van der Waals surface area (Å²) < 4.78 is 39.2. The van der Waals surface area contributed by atoms with Crippen LogP contribution >= 0.6 is 0 Å². The number of alkyl halides is 3. The van der Waals surface area contributed by atoms with Crippen molar-refractivity contribution in [2.75, 3.05) is 5.32 Å². The van der Waals surface area contributed by atoms with E-state index in [4.69, 9.17) is 16.6 Å². The second-order valence-corrected chi connectivity index (χ2v) is 5.55. The van der Waals surface area contributed by atoms with Gasteiger partial charge in [-0.1, -0.05) is 12.1 Å². The Kier molecular flexibility index (Phi) is 6.04. The zero-order valence-corrected chi connectivity index (χ0v) is 14.2. The number of guanidine groups is 1. The lowest BCUT2D eigenvalue weighted by atomic mass is 10.1. The Balaban J connectivity index is 2.28. The van der Waals surface area contributed by atoms with Crippen molar-refractivity contribution in [2.45, 2.75) is 6.18 Å². The molecule has 0 atom stereocenters. The van der Waals surface area contributed by atoms with Gasteiger partial charge in [0, 0.05) is 17.3 Å². The van der Waals surface area contributed by atoms with Crippen molar-refractivity contribution < 1.29 is 27.9 Å². The Morgan fingerprint density at radius 2 is 1.71 bits per heavy atom. The number of carboxylic acid groups (broad SMARTS) is 1. The third-order valence-electron chi connectivity index (χ3n) is 3.35. The Bertz CT molecular complexity index is 948. The molecule has 146 valence electrons. The maximum atomic E-state index is 13.1. The number of nitrogens with zero attached hydrogens (tertiary/aromatic N) is 1. The zero-order valence-electron chi connectivity index (χ0n) is 14.2. The molecule has 7 nitrogen and oxygen atoms in total. The smallest absolute Gasteiger partial charge is 0.416 e. The maximum absolute atomic E-state index is 13.1. The van der Waals surface area contributed by atoms with E-state index in [1.54, 1.807) is 0 Å². The third-order valence-corrected chi connectivity index (χ3v) is 3.35. The minimum atomic E-state index is -4.69. The molecule has 6 N–H and O–H groups in total. The molecular formula is C18H15F3N4O3. The molecule has 0 spiro atoms. The number of amides is 1. The first-order valence-electron chi connectivity index (χ1n) is 7.69. The van der Waals surface area contributed by atoms with Gasteiger partial charge in [0.25, 0.3) is 5.91 Å². The van der Waals surface area contributed by atoms with Gasteiger partial charge >= 0.3 is 12.1 Å². The number of nitrogens with one attached hydrogen (secondary N) is 1. The van der Waals surface area contributed by atoms with Gasteiger partial charge in [0.05, 0.1) is 11.3 Å². The van der Waals surface area contributed by atoms with E-state index in [9.17, 15) is 22.8 Å². The van der Waals surface area contributed by atoms with Crippen LogP contribution in [0.4, 0.5) is 24.5 Å². The predicted molar refractivity (Wildman–Crippen MR) is 98.0 cm³/mol. The molecule has 0 aliphatic rings. The molecule has 0 aromatic heterocycles. The SMILES string of the molecule is NC(N)=Nc1cc(C(=O)Nc2ccc(C=CC(=O)O)cc2)cc(C(F)(F)F)c1. The first-order chi connectivity index (χ1) is 13.0. The highest BCUT2D eigenvalue weighted by atomic mass is 19.4. The van der Waals surface area contributed by atoms with Gasteiger partial charge in [-0.3, -0.25) is 4.79 Å². The van der Waals surface area contributed by atoms with E-state index >= 15 is 0 Å². The lowest BCUT2D eigenvalue weighted by Crippen LogP contribution is -2.22. The second kappa shape index (κ2) is 8.25. The van der Waals surface area contributed by atoms with Crippen LogP contribution in [0.5, 0.6) is 0 Å². The van der Waals surface area contributed by atoms with E-state index in [1.807, 2.05) is 0 Å². The molecular weight excluding hydrogens is 377 g/mol. The predicted octanol–water partition coefficient (Wildman–Crippen LogP) is 2.96. The summed E-state index contributed by atoms with van der Waals surface area (Å²) in [5.74, 6) is -2.36. The van der Waals surface area contributed by atoms with Gasteiger partial charge in [-0.05, 0) is 42.0 Å². The normalized spacial score (nSPS) is 11.2. The van der Waals surface area contributed by atoms with Gasteiger partial charge in [-0.25, -0.2) is 9.79 Å². The first-order valence-corrected chi connectivity index (χ1v) is 7.69. The third kappa shape index (κ3) is 5.87. The number of carbonyl (C=O) groups is 2. The second-order valence-electron chi connectivity index (χ2n) is 5.55. The fourth-order valence-corrected chi connectivity index (χ4v) is 2.17. The van der Waals surface area contributed by atoms with Crippen molar-refractivity contribution >= 4 is 35.3 Å². The van der Waals surface area contributed by atoms with Gasteiger partial charge < -0.3 is 21.9 Å². The van der Waals surface area contributed by atoms with E-state index in [2.05, 4.69) is 10.3 Å². The fourth-order valence-electron chi connectivity index (χ4n) is 2.17. The minimum absolute atomic E-state index is 0.214. The van der Waals surface area contributed by atoms with E-state index in [0.717, 1.165) is 18.2 Å². The average Bonchev–Trinajstić information content (AvgIpc) is 2.59. The summed E-state index contributed by atoms with van der Waals surface area (Å²) in [5, 5.41) is 11.0. The van der Waals surface area contributed by atoms with Gasteiger partial charge in [0.1, 0.15) is 0 Å². The summed E-state index contributed by atoms with van der Waals surface area (Å²) >= 11 is 0. The van der Waals surface area contributed by atoms with Crippen molar-refractivity contribution in [3.8, 4) is 0 Å². The molecule has 2 rings (SSSR count). The van der Waals surface area contributed by atoms with Crippen molar-refractivity contribution in [1.29, 1.82) is 0 Å². The Morgan fingerprint density at radius 1 is 1.07 bits per heavy atom. The highest BCUT2D eigenvalue weighted by Gasteiger charge is 2.32. The van der Waals surface area contributed by atoms with Gasteiger partial charge in [0.2, 0.25) is 0 Å². The summed E-state index contributed by atoms with van der Waals surface area (Å²) in [6, 6.07) is 8.55. The summed E-state index contributed by atoms with van der Waals surface area (Å²) in [6.07, 6.45) is -2.40. The molecule has 0 saturated carbocycles. The average molecular weight is 392 g/mol. The van der Waals surface area contributed by atoms with Crippen LogP contribution in [0.1, 0.15) is 21.5 Å². The van der Waals surface area contributed by atoms with Gasteiger partial charge in [-0.15, -0.1) is 0 Å². The van der Waals surface area contributed by atoms with E-state index in [0.29, 0.717) is 17.3 Å². The van der Waals surface area contributed by atoms with Crippen molar-refractivity contribution in [3.05, 3.63) is 65.2 Å². The van der Waals surface area contributed by atoms with Crippen LogP contribution in [0.15, 0.2) is 53.5 Å². The molecule has 0 unspecified atom stereocenters. The van der Waals surface area contributed by atoms with Crippen LogP contribution in [0.3, 0.4) is 0 Å². The summed E-state index contributed by atoms with van der Waals surface area (Å²) in [6.45, 7) is 0. The van der Waals surface area contributed by atoms with Crippen LogP contribution in [-0.4, -0.2) is 22.9 Å². The molecule has 10 heteroatoms. The lowest BCUT2D eigenvalue weighted by molar-refractivity contribution is -0.137. The fraction of sp³-hybridized carbons (Fsp3) is 0.0556. The van der Waals surface area contributed by atoms with E-state index in [1.165, 1.54) is 30.3 Å². The number of benzene rings is 2. The number of carboxylic acids is 1. The lowest BCUT2D eigenvalue weighted by Gasteiger charge is -2.11. The van der Waals surface area contributed by atoms with Gasteiger partial charge in [0.15, 0.2) is 5.96 Å². The molecule has 28 heavy (non-hydrogen) atoms. The molecule has 2 aromatic carbocycles. The molecule has 0 aliphatic carbocycles. The monoisotopic (exact) mass is 392 g/mol. The van der Waals surface area contributed by atoms with Crippen LogP contribution < -0.4 is 16.8 Å². The number of anilines is 1. The Morgan fingerprint density at radius 3 is 2.25 bits per heavy atom. The van der Waals surface area contributed by atoms with Crippen LogP contribution in [0, 0.1) is 0 Å². The van der Waals surface area contributed by atoms with Crippen molar-refractivity contribution in [1.82, 2.24) is 0 Å². The molecule has 0 bridgehead atoms. The molecule has 0 heterocycles. The highest BCUT2D eigenvalue weighted by molar-refractivity contribution is 6.05. The minimum Gasteiger partial charge on any atom is -0.478 e. The van der Waals surface area contributed by atoms with E-state index in [-0.39, 0.29) is 11.3 Å². The van der Waals surface area contributed by atoms with Crippen LogP contribution in [0.25, 0.3) is 6.08 Å². The quantitative estimate of drug-likeness (QED) is 0.353. The molecule has 0 fully saturated rings. The number of hydrogen-bond acceptors (Lipinski definition) is 3. The highest BCUT2D eigenvalue weighted by Crippen LogP contribution is 2.33. The van der Waals surface area contributed by atoms with Crippen LogP contribution in [-0.2, 0) is 11.0 Å². The summed E-state index contributed by atoms with van der Waals surface area (Å²) in [4.78, 5) is 26.4. The molecule has 0 radical (unpaired) electrons. The molecule has 0 saturated heterocycles. The maximum Gasteiger partial charge on any atom is 0.416 e. The Labute approximate surface area is 157 Å². The summed E-state index contributed by atoms with van der Waals surface area (Å²) in [5.41, 5.74) is 9.68. The first kappa shape index (κ1) is 20.5. The van der Waals surface area contributed by atoms with Gasteiger partial charge in [-0.2, -0.15) is 13.2 Å². The standard InChI is InChI=1S/C18H15F3N4O3/c19-18(20,21)12-7-11(8-14(9-12)25-17(22)23)16(28)24-13-4-1-10(2-5-13)3-6-15(26)27/h1-9H,(H,24,28)(H,26,27)(H4,22,23,25). The summed E-state index contributed by atoms with van der Waals surface area (Å²) in [7, 11) is 0. The van der Waals surface area contributed by atoms with Crippen molar-refractivity contribution in [3.63, 3.8) is 0 Å². The van der Waals surface area contributed by atoms with Crippen LogP contribution in [0.2, 0.25) is 0 Å². The zero-order chi connectivity index (χ0) is 20.9.